The van der Waals surface area contributed by atoms with Crippen molar-refractivity contribution in [3.05, 3.63) is 0 Å². The van der Waals surface area contributed by atoms with E-state index in [4.69, 9.17) is 29.4 Å². The van der Waals surface area contributed by atoms with Crippen LogP contribution in [0.3, 0.4) is 0 Å². The Morgan fingerprint density at radius 2 is 0.750 bits per heavy atom. The second kappa shape index (κ2) is 18.4. The Kier molecular flexibility index (Phi) is 34.7. The first-order valence-electron chi connectivity index (χ1n) is 3.98. The Morgan fingerprint density at radius 3 is 0.750 bits per heavy atom. The maximum absolute atomic E-state index is 7.56. The SMILES string of the molecule is CC.CCC.N.OP(O)(O)=S.OP(O)(O)=S. The molecule has 0 aliphatic rings. The van der Waals surface area contributed by atoms with Crippen LogP contribution in [-0.2, 0) is 23.6 Å². The number of hydrogen-bond acceptors (Lipinski definition) is 3. The van der Waals surface area contributed by atoms with Crippen molar-refractivity contribution in [3.63, 3.8) is 0 Å². The van der Waals surface area contributed by atoms with E-state index >= 15 is 0 Å². The Hall–Kier alpha value is 1.02. The molecule has 0 radical (unpaired) electrons. The highest BCUT2D eigenvalue weighted by Crippen LogP contribution is 2.26. The summed E-state index contributed by atoms with van der Waals surface area (Å²) in [6.07, 6.45) is 1.25. The van der Waals surface area contributed by atoms with E-state index in [1.807, 2.05) is 13.8 Å². The average Bonchev–Trinajstić information content (AvgIpc) is 1.84. The van der Waals surface area contributed by atoms with Gasteiger partial charge in [-0.3, -0.25) is 0 Å². The maximum Gasteiger partial charge on any atom is 0.319 e. The van der Waals surface area contributed by atoms with Gasteiger partial charge in [-0.05, 0) is 23.6 Å². The van der Waals surface area contributed by atoms with Gasteiger partial charge in [0.15, 0.2) is 0 Å². The van der Waals surface area contributed by atoms with Crippen molar-refractivity contribution in [2.75, 3.05) is 0 Å². The second-order valence-electron chi connectivity index (χ2n) is 1.73. The molecule has 0 aliphatic heterocycles. The lowest BCUT2D eigenvalue weighted by atomic mass is 10.6. The molecule has 11 heteroatoms. The van der Waals surface area contributed by atoms with E-state index in [1.165, 1.54) is 6.42 Å². The molecule has 0 saturated heterocycles. The van der Waals surface area contributed by atoms with Crippen LogP contribution < -0.4 is 6.15 Å². The summed E-state index contributed by atoms with van der Waals surface area (Å²) < 4.78 is 0. The third kappa shape index (κ3) is 2840. The fourth-order valence-corrected chi connectivity index (χ4v) is 0. The zero-order valence-corrected chi connectivity index (χ0v) is 13.2. The lowest BCUT2D eigenvalue weighted by Crippen LogP contribution is -1.65. The molecule has 0 fully saturated rings. The highest BCUT2D eigenvalue weighted by atomic mass is 32.5. The third-order valence-electron chi connectivity index (χ3n) is 0. The van der Waals surface area contributed by atoms with E-state index in [-0.39, 0.29) is 6.15 Å². The molecule has 0 amide bonds. The standard InChI is InChI=1S/C3H8.C2H6.H3N.2H3O3PS/c1-3-2;1-2;;2*1-4(2,3)5/h3H2,1-2H3;1-2H3;1H3;2*(H3,1,2,3,5). The van der Waals surface area contributed by atoms with Gasteiger partial charge in [-0.1, -0.05) is 34.1 Å². The van der Waals surface area contributed by atoms with E-state index in [9.17, 15) is 0 Å². The van der Waals surface area contributed by atoms with E-state index in [1.54, 1.807) is 0 Å². The molecule has 0 unspecified atom stereocenters. The molecule has 16 heavy (non-hydrogen) atoms. The fourth-order valence-electron chi connectivity index (χ4n) is 0. The molecule has 106 valence electrons. The van der Waals surface area contributed by atoms with Crippen LogP contribution in [0.2, 0.25) is 0 Å². The van der Waals surface area contributed by atoms with Crippen molar-refractivity contribution in [1.29, 1.82) is 0 Å². The minimum atomic E-state index is -3.81. The molecule has 0 aromatic carbocycles. The Balaban J connectivity index is -0.0000000349. The second-order valence-corrected chi connectivity index (χ2v) is 6.73. The van der Waals surface area contributed by atoms with Gasteiger partial charge < -0.3 is 35.5 Å². The molecule has 0 heterocycles. The van der Waals surface area contributed by atoms with Crippen LogP contribution >= 0.6 is 13.4 Å². The van der Waals surface area contributed by atoms with Crippen LogP contribution in [0.1, 0.15) is 34.1 Å². The van der Waals surface area contributed by atoms with Gasteiger partial charge in [0, 0.05) is 0 Å². The summed E-state index contributed by atoms with van der Waals surface area (Å²) in [5, 5.41) is 0. The van der Waals surface area contributed by atoms with Gasteiger partial charge in [0.2, 0.25) is 0 Å². The molecule has 0 aromatic heterocycles. The monoisotopic (exact) mass is 319 g/mol. The summed E-state index contributed by atoms with van der Waals surface area (Å²) >= 11 is 7.21. The highest BCUT2D eigenvalue weighted by Gasteiger charge is 1.92. The molecule has 0 rings (SSSR count). The average molecular weight is 319 g/mol. The molecule has 0 atom stereocenters. The van der Waals surface area contributed by atoms with Crippen LogP contribution in [-0.4, -0.2) is 29.4 Å². The Morgan fingerprint density at radius 1 is 0.750 bits per heavy atom. The summed E-state index contributed by atoms with van der Waals surface area (Å²) in [6.45, 7) is 0.639. The van der Waals surface area contributed by atoms with E-state index in [2.05, 4.69) is 37.5 Å². The van der Waals surface area contributed by atoms with Gasteiger partial charge in [0.05, 0.1) is 0 Å². The molecule has 9 N–H and O–H groups in total. The molecule has 0 aliphatic carbocycles. The topological polar surface area (TPSA) is 156 Å². The number of hydrogen-bond donors (Lipinski definition) is 7. The van der Waals surface area contributed by atoms with Crippen LogP contribution in [0, 0.1) is 0 Å². The minimum Gasteiger partial charge on any atom is -0.344 e. The molecular weight excluding hydrogens is 296 g/mol. The summed E-state index contributed by atoms with van der Waals surface area (Å²) in [4.78, 5) is 45.3. The first-order chi connectivity index (χ1) is 6.41. The summed E-state index contributed by atoms with van der Waals surface area (Å²) in [6, 6.07) is 0. The van der Waals surface area contributed by atoms with Gasteiger partial charge in [0.1, 0.15) is 0 Å². The van der Waals surface area contributed by atoms with Crippen LogP contribution in [0.4, 0.5) is 0 Å². The molecule has 0 spiro atoms. The molecule has 0 saturated carbocycles. The fraction of sp³-hybridized carbons (Fsp3) is 1.00. The lowest BCUT2D eigenvalue weighted by Gasteiger charge is -1.88. The van der Waals surface area contributed by atoms with Gasteiger partial charge in [-0.2, -0.15) is 0 Å². The van der Waals surface area contributed by atoms with Gasteiger partial charge in [-0.15, -0.1) is 0 Å². The van der Waals surface area contributed by atoms with Gasteiger partial charge in [-0.25, -0.2) is 0 Å². The first-order valence-corrected chi connectivity index (χ1v) is 9.30. The van der Waals surface area contributed by atoms with Gasteiger partial charge in [0.25, 0.3) is 0 Å². The van der Waals surface area contributed by atoms with Crippen LogP contribution in [0.5, 0.6) is 0 Å². The van der Waals surface area contributed by atoms with Crippen molar-refractivity contribution in [2.24, 2.45) is 0 Å². The van der Waals surface area contributed by atoms with Crippen molar-refractivity contribution in [3.8, 4) is 0 Å². The van der Waals surface area contributed by atoms with Crippen molar-refractivity contribution < 1.29 is 29.4 Å². The summed E-state index contributed by atoms with van der Waals surface area (Å²) in [7, 11) is 0. The molecule has 7 nitrogen and oxygen atoms in total. The quantitative estimate of drug-likeness (QED) is 0.323. The summed E-state index contributed by atoms with van der Waals surface area (Å²) in [5.41, 5.74) is 0. The van der Waals surface area contributed by atoms with E-state index in [0.29, 0.717) is 0 Å². The highest BCUT2D eigenvalue weighted by molar-refractivity contribution is 8.06. The first kappa shape index (κ1) is 30.2. The molecule has 0 aromatic rings. The third-order valence-corrected chi connectivity index (χ3v) is 0. The number of rotatable bonds is 0. The van der Waals surface area contributed by atoms with Crippen molar-refractivity contribution in [1.82, 2.24) is 6.15 Å². The van der Waals surface area contributed by atoms with Gasteiger partial charge >= 0.3 is 13.4 Å². The Labute approximate surface area is 107 Å². The maximum atomic E-state index is 7.56. The van der Waals surface area contributed by atoms with Crippen molar-refractivity contribution in [2.45, 2.75) is 34.1 Å². The normalized spacial score (nSPS) is 8.88. The lowest BCUT2D eigenvalue weighted by molar-refractivity contribution is 0.361. The summed E-state index contributed by atoms with van der Waals surface area (Å²) in [5.74, 6) is 0. The smallest absolute Gasteiger partial charge is 0.319 e. The Bertz CT molecular complexity index is 157. The predicted octanol–water partition coefficient (Wildman–Crippen LogP) is 0.980. The van der Waals surface area contributed by atoms with E-state index in [0.717, 1.165) is 0 Å². The van der Waals surface area contributed by atoms with E-state index < -0.39 is 13.4 Å². The molecule has 0 bridgehead atoms. The zero-order chi connectivity index (χ0) is 13.7. The minimum absolute atomic E-state index is 0. The predicted molar refractivity (Wildman–Crippen MR) is 74.2 cm³/mol. The van der Waals surface area contributed by atoms with Crippen LogP contribution in [0.25, 0.3) is 0 Å². The largest absolute Gasteiger partial charge is 0.344 e. The van der Waals surface area contributed by atoms with Crippen molar-refractivity contribution >= 4 is 37.1 Å². The van der Waals surface area contributed by atoms with Crippen LogP contribution in [0.15, 0.2) is 0 Å². The zero-order valence-electron chi connectivity index (χ0n) is 9.81. The molecular formula is C5H23NO6P2S2.